The molecule has 8 aromatic rings. The van der Waals surface area contributed by atoms with Crippen LogP contribution in [0.1, 0.15) is 0 Å². The lowest BCUT2D eigenvalue weighted by molar-refractivity contribution is 0.634. The number of hydrogen-bond acceptors (Lipinski definition) is 1. The fraction of sp³-hybridized carbons (Fsp3) is 0. The first-order valence-electron chi connectivity index (χ1n) is 13.0. The van der Waals surface area contributed by atoms with Crippen molar-refractivity contribution >= 4 is 43.5 Å². The number of aromatic nitrogens is 1. The van der Waals surface area contributed by atoms with Gasteiger partial charge < -0.3 is 8.98 Å². The maximum Gasteiger partial charge on any atom is 0.143 e. The number of fused-ring (bicyclic) bond motifs is 8. The highest BCUT2D eigenvalue weighted by Crippen LogP contribution is 2.52. The second-order valence-corrected chi connectivity index (χ2v) is 10.1. The van der Waals surface area contributed by atoms with E-state index in [4.69, 9.17) is 4.42 Å². The molecule has 0 aliphatic heterocycles. The molecule has 2 heterocycles. The summed E-state index contributed by atoms with van der Waals surface area (Å²) in [7, 11) is 0. The average molecular weight is 484 g/mol. The third-order valence-corrected chi connectivity index (χ3v) is 8.13. The highest BCUT2D eigenvalue weighted by atomic mass is 16.3. The van der Waals surface area contributed by atoms with Crippen molar-refractivity contribution in [3.8, 4) is 39.3 Å². The number of furan rings is 1. The van der Waals surface area contributed by atoms with Gasteiger partial charge in [0.2, 0.25) is 0 Å². The van der Waals surface area contributed by atoms with Crippen molar-refractivity contribution in [2.24, 2.45) is 0 Å². The van der Waals surface area contributed by atoms with Crippen LogP contribution in [0.25, 0.3) is 82.8 Å². The van der Waals surface area contributed by atoms with Gasteiger partial charge in [0.25, 0.3) is 0 Å². The third-order valence-electron chi connectivity index (χ3n) is 8.13. The normalized spacial score (nSPS) is 12.2. The van der Waals surface area contributed by atoms with E-state index in [9.17, 15) is 0 Å². The highest BCUT2D eigenvalue weighted by molar-refractivity contribution is 6.20. The molecule has 0 saturated heterocycles. The molecule has 2 nitrogen and oxygen atoms in total. The lowest BCUT2D eigenvalue weighted by Gasteiger charge is -2.08. The van der Waals surface area contributed by atoms with Crippen LogP contribution < -0.4 is 0 Å². The molecule has 0 bridgehead atoms. The van der Waals surface area contributed by atoms with Gasteiger partial charge in [-0.15, -0.1) is 0 Å². The quantitative estimate of drug-likeness (QED) is 0.239. The summed E-state index contributed by atoms with van der Waals surface area (Å²) in [4.78, 5) is 0. The summed E-state index contributed by atoms with van der Waals surface area (Å²) in [5.41, 5.74) is 10.6. The predicted octanol–water partition coefficient (Wildman–Crippen LogP) is 10.00. The van der Waals surface area contributed by atoms with E-state index in [0.717, 1.165) is 11.3 Å². The van der Waals surface area contributed by atoms with Gasteiger partial charge in [-0.05, 0) is 64.5 Å². The van der Waals surface area contributed by atoms with Crippen LogP contribution in [-0.4, -0.2) is 4.57 Å². The molecule has 0 unspecified atom stereocenters. The van der Waals surface area contributed by atoms with Gasteiger partial charge in [-0.3, -0.25) is 0 Å². The summed E-state index contributed by atoms with van der Waals surface area (Å²) in [6.45, 7) is 0. The summed E-state index contributed by atoms with van der Waals surface area (Å²) in [5.74, 6) is 0.991. The van der Waals surface area contributed by atoms with Crippen molar-refractivity contribution in [3.05, 3.63) is 127 Å². The Hall–Kier alpha value is -5.08. The standard InChI is InChI=1S/C36H21NO/c1-2-10-25(11-3-1)37-31-15-5-4-12-26(31)29-20-23(16-18-32(29)37)24-17-19-33-30(21-24)35-27-13-6-8-22-9-7-14-28(34(22)27)36(35)38-33/h1-21H. The van der Waals surface area contributed by atoms with E-state index < -0.39 is 0 Å². The largest absolute Gasteiger partial charge is 0.455 e. The van der Waals surface area contributed by atoms with Gasteiger partial charge in [-0.1, -0.05) is 84.9 Å². The van der Waals surface area contributed by atoms with Crippen LogP contribution in [0.15, 0.2) is 132 Å². The smallest absolute Gasteiger partial charge is 0.143 e. The van der Waals surface area contributed by atoms with Gasteiger partial charge in [-0.25, -0.2) is 0 Å². The van der Waals surface area contributed by atoms with Crippen LogP contribution in [0, 0.1) is 0 Å². The van der Waals surface area contributed by atoms with Gasteiger partial charge in [0.15, 0.2) is 0 Å². The van der Waals surface area contributed by atoms with Crippen molar-refractivity contribution in [3.63, 3.8) is 0 Å². The Labute approximate surface area is 219 Å². The molecule has 1 aliphatic carbocycles. The molecule has 0 fully saturated rings. The maximum atomic E-state index is 6.45. The SMILES string of the molecule is c1ccc(-n2c3ccccc3c3cc(-c4ccc5oc6c(c5c4)-c4cccc5cccc-6c45)ccc32)cc1. The Morgan fingerprint density at radius 2 is 1.21 bits per heavy atom. The van der Waals surface area contributed by atoms with Crippen molar-refractivity contribution < 1.29 is 4.42 Å². The van der Waals surface area contributed by atoms with Crippen molar-refractivity contribution in [2.45, 2.75) is 0 Å². The highest BCUT2D eigenvalue weighted by Gasteiger charge is 2.27. The van der Waals surface area contributed by atoms with Gasteiger partial charge in [0, 0.05) is 38.4 Å². The minimum absolute atomic E-state index is 0.937. The van der Waals surface area contributed by atoms with E-state index in [2.05, 4.69) is 132 Å². The Balaban J connectivity index is 1.27. The summed E-state index contributed by atoms with van der Waals surface area (Å²) >= 11 is 0. The molecule has 0 spiro atoms. The van der Waals surface area contributed by atoms with Crippen LogP contribution in [-0.2, 0) is 0 Å². The van der Waals surface area contributed by atoms with Crippen LogP contribution in [0.4, 0.5) is 0 Å². The van der Waals surface area contributed by atoms with Crippen LogP contribution in [0.5, 0.6) is 0 Å². The molecule has 38 heavy (non-hydrogen) atoms. The van der Waals surface area contributed by atoms with E-state index in [1.54, 1.807) is 0 Å². The van der Waals surface area contributed by atoms with Gasteiger partial charge in [0.05, 0.1) is 11.0 Å². The second kappa shape index (κ2) is 7.24. The molecular weight excluding hydrogens is 462 g/mol. The Bertz CT molecular complexity index is 2220. The summed E-state index contributed by atoms with van der Waals surface area (Å²) in [5, 5.41) is 6.26. The molecule has 6 aromatic carbocycles. The van der Waals surface area contributed by atoms with Crippen LogP contribution in [0.3, 0.4) is 0 Å². The first kappa shape index (κ1) is 20.0. The minimum atomic E-state index is 0.937. The van der Waals surface area contributed by atoms with Crippen molar-refractivity contribution in [2.75, 3.05) is 0 Å². The Kier molecular flexibility index (Phi) is 3.82. The zero-order valence-electron chi connectivity index (χ0n) is 20.5. The van der Waals surface area contributed by atoms with Gasteiger partial charge in [0.1, 0.15) is 11.3 Å². The molecule has 0 atom stereocenters. The first-order chi connectivity index (χ1) is 18.8. The minimum Gasteiger partial charge on any atom is -0.455 e. The van der Waals surface area contributed by atoms with Crippen LogP contribution in [0.2, 0.25) is 0 Å². The van der Waals surface area contributed by atoms with Crippen molar-refractivity contribution in [1.82, 2.24) is 4.57 Å². The molecular formula is C36H21NO. The number of nitrogens with zero attached hydrogens (tertiary/aromatic N) is 1. The number of benzene rings is 6. The van der Waals surface area contributed by atoms with Crippen LogP contribution >= 0.6 is 0 Å². The maximum absolute atomic E-state index is 6.45. The number of rotatable bonds is 2. The molecule has 2 heteroatoms. The average Bonchev–Trinajstić information content (AvgIpc) is 3.62. The molecule has 176 valence electrons. The summed E-state index contributed by atoms with van der Waals surface area (Å²) in [6, 6.07) is 45.8. The molecule has 0 saturated carbocycles. The van der Waals surface area contributed by atoms with E-state index in [0.29, 0.717) is 0 Å². The second-order valence-electron chi connectivity index (χ2n) is 10.1. The summed E-state index contributed by atoms with van der Waals surface area (Å²) < 4.78 is 8.81. The molecule has 1 aliphatic rings. The Morgan fingerprint density at radius 1 is 0.500 bits per heavy atom. The number of para-hydroxylation sites is 2. The molecule has 0 N–H and O–H groups in total. The number of hydrogen-bond donors (Lipinski definition) is 0. The van der Waals surface area contributed by atoms with E-state index >= 15 is 0 Å². The van der Waals surface area contributed by atoms with Gasteiger partial charge in [-0.2, -0.15) is 0 Å². The predicted molar refractivity (Wildman–Crippen MR) is 158 cm³/mol. The fourth-order valence-corrected chi connectivity index (χ4v) is 6.48. The van der Waals surface area contributed by atoms with E-state index in [-0.39, 0.29) is 0 Å². The third kappa shape index (κ3) is 2.56. The lowest BCUT2D eigenvalue weighted by Crippen LogP contribution is -1.92. The van der Waals surface area contributed by atoms with Gasteiger partial charge >= 0.3 is 0 Å². The molecule has 0 amide bonds. The van der Waals surface area contributed by atoms with Crippen molar-refractivity contribution in [1.29, 1.82) is 0 Å². The molecule has 9 rings (SSSR count). The topological polar surface area (TPSA) is 18.1 Å². The first-order valence-corrected chi connectivity index (χ1v) is 13.0. The lowest BCUT2D eigenvalue weighted by atomic mass is 9.98. The zero-order chi connectivity index (χ0) is 24.8. The van der Waals surface area contributed by atoms with E-state index in [1.165, 1.54) is 71.5 Å². The fourth-order valence-electron chi connectivity index (χ4n) is 6.48. The molecule has 0 radical (unpaired) electrons. The zero-order valence-corrected chi connectivity index (χ0v) is 20.5. The Morgan fingerprint density at radius 3 is 2.08 bits per heavy atom. The monoisotopic (exact) mass is 483 g/mol. The van der Waals surface area contributed by atoms with E-state index in [1.807, 2.05) is 0 Å². The summed E-state index contributed by atoms with van der Waals surface area (Å²) in [6.07, 6.45) is 0. The molecule has 2 aromatic heterocycles.